The quantitative estimate of drug-likeness (QED) is 0.668. The van der Waals surface area contributed by atoms with E-state index in [2.05, 4.69) is 5.32 Å². The third kappa shape index (κ3) is 5.59. The number of aliphatic hydroxyl groups excluding tert-OH is 2. The van der Waals surface area contributed by atoms with E-state index >= 15 is 0 Å². The molecule has 1 aromatic rings. The van der Waals surface area contributed by atoms with E-state index in [1.807, 2.05) is 45.0 Å². The van der Waals surface area contributed by atoms with E-state index in [1.54, 1.807) is 0 Å². The minimum absolute atomic E-state index is 0.0506. The molecule has 0 bridgehead atoms. The maximum absolute atomic E-state index is 9.87. The number of hydrogen-bond acceptors (Lipinski definition) is 4. The van der Waals surface area contributed by atoms with Crippen LogP contribution in [0.5, 0.6) is 5.75 Å². The van der Waals surface area contributed by atoms with Gasteiger partial charge in [-0.3, -0.25) is 0 Å². The number of β-amino-alcohol motifs (C(OH)–C–C–N with tert-alkyl or cyclic N) is 1. The molecule has 2 unspecified atom stereocenters. The summed E-state index contributed by atoms with van der Waals surface area (Å²) >= 11 is 0. The lowest BCUT2D eigenvalue weighted by atomic mass is 10.0. The van der Waals surface area contributed by atoms with Crippen molar-refractivity contribution in [2.24, 2.45) is 0 Å². The van der Waals surface area contributed by atoms with Crippen molar-refractivity contribution in [1.29, 1.82) is 0 Å². The van der Waals surface area contributed by atoms with Gasteiger partial charge in [-0.2, -0.15) is 0 Å². The van der Waals surface area contributed by atoms with Crippen LogP contribution in [0.1, 0.15) is 25.8 Å². The molecule has 0 radical (unpaired) electrons. The lowest BCUT2D eigenvalue weighted by Crippen LogP contribution is -2.49. The van der Waals surface area contributed by atoms with Gasteiger partial charge in [-0.25, -0.2) is 0 Å². The van der Waals surface area contributed by atoms with Crippen LogP contribution in [0.25, 0.3) is 0 Å². The van der Waals surface area contributed by atoms with Crippen LogP contribution in [-0.2, 0) is 0 Å². The van der Waals surface area contributed by atoms with Gasteiger partial charge >= 0.3 is 0 Å². The predicted molar refractivity (Wildman–Crippen MR) is 76.5 cm³/mol. The summed E-state index contributed by atoms with van der Waals surface area (Å²) in [5.41, 5.74) is 0.786. The van der Waals surface area contributed by atoms with E-state index in [4.69, 9.17) is 4.74 Å². The lowest BCUT2D eigenvalue weighted by molar-refractivity contribution is 0.0866. The van der Waals surface area contributed by atoms with E-state index in [0.29, 0.717) is 6.54 Å². The van der Waals surface area contributed by atoms with Gasteiger partial charge in [0.1, 0.15) is 18.5 Å². The molecule has 0 saturated carbocycles. The predicted octanol–water partition coefficient (Wildman–Crippen LogP) is 1.49. The second kappa shape index (κ2) is 7.48. The highest BCUT2D eigenvalue weighted by Crippen LogP contribution is 2.12. The van der Waals surface area contributed by atoms with Crippen molar-refractivity contribution in [3.05, 3.63) is 29.8 Å². The third-order valence-corrected chi connectivity index (χ3v) is 3.33. The molecule has 0 aromatic heterocycles. The zero-order valence-electron chi connectivity index (χ0n) is 12.0. The number of rotatable bonds is 8. The summed E-state index contributed by atoms with van der Waals surface area (Å²) in [6.07, 6.45) is 0.201. The summed E-state index contributed by atoms with van der Waals surface area (Å²) in [5, 5.41) is 22.3. The molecule has 4 nitrogen and oxygen atoms in total. The normalized spacial score (nSPS) is 15.8. The van der Waals surface area contributed by atoms with Gasteiger partial charge in [0.15, 0.2) is 0 Å². The Morgan fingerprint density at radius 1 is 1.42 bits per heavy atom. The SMILES string of the molecule is CCC(C)(CO)NCC(O)COc1cccc(C)c1. The first-order valence-electron chi connectivity index (χ1n) is 6.72. The van der Waals surface area contributed by atoms with Crippen LogP contribution < -0.4 is 10.1 Å². The highest BCUT2D eigenvalue weighted by Gasteiger charge is 2.21. The second-order valence-electron chi connectivity index (χ2n) is 5.23. The fourth-order valence-corrected chi connectivity index (χ4v) is 1.61. The Labute approximate surface area is 115 Å². The van der Waals surface area contributed by atoms with Crippen molar-refractivity contribution in [3.63, 3.8) is 0 Å². The number of benzene rings is 1. The van der Waals surface area contributed by atoms with Crippen molar-refractivity contribution >= 4 is 0 Å². The van der Waals surface area contributed by atoms with E-state index in [-0.39, 0.29) is 18.8 Å². The monoisotopic (exact) mass is 267 g/mol. The van der Waals surface area contributed by atoms with Crippen molar-refractivity contribution < 1.29 is 14.9 Å². The van der Waals surface area contributed by atoms with Crippen LogP contribution in [0.4, 0.5) is 0 Å². The van der Waals surface area contributed by atoms with E-state index in [0.717, 1.165) is 17.7 Å². The maximum atomic E-state index is 9.87. The van der Waals surface area contributed by atoms with Crippen LogP contribution in [0.3, 0.4) is 0 Å². The largest absolute Gasteiger partial charge is 0.491 e. The van der Waals surface area contributed by atoms with Crippen molar-refractivity contribution in [2.75, 3.05) is 19.8 Å². The summed E-state index contributed by atoms with van der Waals surface area (Å²) in [4.78, 5) is 0. The Kier molecular flexibility index (Phi) is 6.28. The zero-order chi connectivity index (χ0) is 14.3. The van der Waals surface area contributed by atoms with Crippen LogP contribution in [0, 0.1) is 6.92 Å². The molecule has 0 amide bonds. The molecule has 3 N–H and O–H groups in total. The molecular formula is C15H25NO3. The molecule has 1 rings (SSSR count). The molecule has 0 heterocycles. The average Bonchev–Trinajstić information content (AvgIpc) is 2.42. The highest BCUT2D eigenvalue weighted by molar-refractivity contribution is 5.27. The summed E-state index contributed by atoms with van der Waals surface area (Å²) in [5.74, 6) is 0.763. The first kappa shape index (κ1) is 16.0. The smallest absolute Gasteiger partial charge is 0.119 e. The van der Waals surface area contributed by atoms with E-state index < -0.39 is 6.10 Å². The van der Waals surface area contributed by atoms with Gasteiger partial charge < -0.3 is 20.3 Å². The van der Waals surface area contributed by atoms with Crippen molar-refractivity contribution in [2.45, 2.75) is 38.8 Å². The summed E-state index contributed by atoms with van der Waals surface area (Å²) in [7, 11) is 0. The van der Waals surface area contributed by atoms with Gasteiger partial charge in [-0.05, 0) is 38.0 Å². The van der Waals surface area contributed by atoms with Gasteiger partial charge in [-0.15, -0.1) is 0 Å². The number of aliphatic hydroxyl groups is 2. The van der Waals surface area contributed by atoms with Gasteiger partial charge in [0.05, 0.1) is 6.61 Å². The minimum Gasteiger partial charge on any atom is -0.491 e. The number of ether oxygens (including phenoxy) is 1. The molecule has 2 atom stereocenters. The molecule has 0 aliphatic carbocycles. The Balaban J connectivity index is 2.34. The Hall–Kier alpha value is -1.10. The van der Waals surface area contributed by atoms with Crippen LogP contribution in [0.15, 0.2) is 24.3 Å². The highest BCUT2D eigenvalue weighted by atomic mass is 16.5. The molecule has 0 aliphatic heterocycles. The summed E-state index contributed by atoms with van der Waals surface area (Å²) in [6.45, 7) is 6.62. The number of hydrogen-bond donors (Lipinski definition) is 3. The Morgan fingerprint density at radius 3 is 2.74 bits per heavy atom. The average molecular weight is 267 g/mol. The Bertz CT molecular complexity index is 377. The third-order valence-electron chi connectivity index (χ3n) is 3.33. The zero-order valence-corrected chi connectivity index (χ0v) is 12.0. The summed E-state index contributed by atoms with van der Waals surface area (Å²) < 4.78 is 5.53. The molecule has 1 aromatic carbocycles. The summed E-state index contributed by atoms with van der Waals surface area (Å²) in [6, 6.07) is 7.73. The van der Waals surface area contributed by atoms with Gasteiger partial charge in [0.2, 0.25) is 0 Å². The van der Waals surface area contributed by atoms with Crippen LogP contribution >= 0.6 is 0 Å². The van der Waals surface area contributed by atoms with Gasteiger partial charge in [0, 0.05) is 12.1 Å². The van der Waals surface area contributed by atoms with Crippen molar-refractivity contribution in [1.82, 2.24) is 5.32 Å². The fraction of sp³-hybridized carbons (Fsp3) is 0.600. The molecule has 0 saturated heterocycles. The molecule has 4 heteroatoms. The number of aryl methyl sites for hydroxylation is 1. The topological polar surface area (TPSA) is 61.7 Å². The first-order valence-corrected chi connectivity index (χ1v) is 6.72. The fourth-order valence-electron chi connectivity index (χ4n) is 1.61. The molecule has 108 valence electrons. The van der Waals surface area contributed by atoms with Crippen molar-refractivity contribution in [3.8, 4) is 5.75 Å². The van der Waals surface area contributed by atoms with E-state index in [1.165, 1.54) is 0 Å². The standard InChI is InChI=1S/C15H25NO3/c1-4-15(3,11-17)16-9-13(18)10-19-14-7-5-6-12(2)8-14/h5-8,13,16-18H,4,9-11H2,1-3H3. The maximum Gasteiger partial charge on any atom is 0.119 e. The number of nitrogens with one attached hydrogen (secondary N) is 1. The second-order valence-corrected chi connectivity index (χ2v) is 5.23. The molecule has 0 aliphatic rings. The minimum atomic E-state index is -0.599. The van der Waals surface area contributed by atoms with Crippen LogP contribution in [-0.4, -0.2) is 41.6 Å². The lowest BCUT2D eigenvalue weighted by Gasteiger charge is -2.28. The van der Waals surface area contributed by atoms with Crippen LogP contribution in [0.2, 0.25) is 0 Å². The molecule has 19 heavy (non-hydrogen) atoms. The van der Waals surface area contributed by atoms with Gasteiger partial charge in [-0.1, -0.05) is 19.1 Å². The molecule has 0 fully saturated rings. The first-order chi connectivity index (χ1) is 8.99. The molecule has 0 spiro atoms. The van der Waals surface area contributed by atoms with Gasteiger partial charge in [0.25, 0.3) is 0 Å². The van der Waals surface area contributed by atoms with E-state index in [9.17, 15) is 10.2 Å². The molecular weight excluding hydrogens is 242 g/mol. The Morgan fingerprint density at radius 2 is 2.16 bits per heavy atom.